The molecule has 0 bridgehead atoms. The zero-order valence-corrected chi connectivity index (χ0v) is 8.64. The number of nitrogens with zero attached hydrogens (tertiary/aromatic N) is 1. The minimum Gasteiger partial charge on any atom is -0.324 e. The van der Waals surface area contributed by atoms with E-state index in [-0.39, 0.29) is 5.54 Å². The van der Waals surface area contributed by atoms with Gasteiger partial charge in [-0.3, -0.25) is 4.90 Å². The van der Waals surface area contributed by atoms with E-state index in [2.05, 4.69) is 25.7 Å². The lowest BCUT2D eigenvalue weighted by Crippen LogP contribution is -2.43. The molecule has 0 atom stereocenters. The topological polar surface area (TPSA) is 29.3 Å². The molecule has 1 rings (SSSR count). The maximum atomic E-state index is 6.07. The summed E-state index contributed by atoms with van der Waals surface area (Å²) in [4.78, 5) is 2.49. The fourth-order valence-electron chi connectivity index (χ4n) is 1.53. The molecule has 2 N–H and O–H groups in total. The molecule has 2 heteroatoms. The van der Waals surface area contributed by atoms with Crippen LogP contribution >= 0.6 is 0 Å². The van der Waals surface area contributed by atoms with Gasteiger partial charge in [0.25, 0.3) is 0 Å². The predicted molar refractivity (Wildman–Crippen MR) is 53.2 cm³/mol. The van der Waals surface area contributed by atoms with Crippen molar-refractivity contribution < 1.29 is 0 Å². The Hall–Kier alpha value is -0.0800. The maximum absolute atomic E-state index is 6.07. The average Bonchev–Trinajstić information content (AvgIpc) is 2.67. The molecular formula is C10H22N2. The van der Waals surface area contributed by atoms with Crippen molar-refractivity contribution in [3.05, 3.63) is 0 Å². The van der Waals surface area contributed by atoms with Gasteiger partial charge in [-0.25, -0.2) is 0 Å². The third kappa shape index (κ3) is 2.76. The highest BCUT2D eigenvalue weighted by Gasteiger charge is 2.39. The summed E-state index contributed by atoms with van der Waals surface area (Å²) in [5.41, 5.74) is 6.25. The minimum atomic E-state index is 0.180. The van der Waals surface area contributed by atoms with Gasteiger partial charge in [0.2, 0.25) is 0 Å². The Morgan fingerprint density at radius 3 is 2.33 bits per heavy atom. The second-order valence-electron chi connectivity index (χ2n) is 4.43. The van der Waals surface area contributed by atoms with E-state index in [1.165, 1.54) is 25.8 Å². The van der Waals surface area contributed by atoms with Gasteiger partial charge in [-0.05, 0) is 39.7 Å². The number of hydrogen-bond acceptors (Lipinski definition) is 2. The maximum Gasteiger partial charge on any atom is 0.0284 e. The van der Waals surface area contributed by atoms with Crippen molar-refractivity contribution >= 4 is 0 Å². The molecule has 0 amide bonds. The van der Waals surface area contributed by atoms with Crippen LogP contribution in [0.1, 0.15) is 40.0 Å². The van der Waals surface area contributed by atoms with Gasteiger partial charge >= 0.3 is 0 Å². The van der Waals surface area contributed by atoms with Crippen molar-refractivity contribution in [3.8, 4) is 0 Å². The molecule has 1 fully saturated rings. The fraction of sp³-hybridized carbons (Fsp3) is 1.00. The van der Waals surface area contributed by atoms with Crippen LogP contribution in [-0.2, 0) is 0 Å². The zero-order valence-electron chi connectivity index (χ0n) is 8.64. The molecule has 1 aliphatic rings. The molecule has 12 heavy (non-hydrogen) atoms. The molecule has 0 aromatic carbocycles. The van der Waals surface area contributed by atoms with Crippen LogP contribution in [0.15, 0.2) is 0 Å². The summed E-state index contributed by atoms with van der Waals surface area (Å²) in [7, 11) is 0. The Morgan fingerprint density at radius 1 is 1.42 bits per heavy atom. The Kier molecular flexibility index (Phi) is 3.13. The van der Waals surface area contributed by atoms with E-state index in [4.69, 9.17) is 5.73 Å². The van der Waals surface area contributed by atoms with E-state index in [0.717, 1.165) is 6.54 Å². The van der Waals surface area contributed by atoms with Crippen molar-refractivity contribution in [3.63, 3.8) is 0 Å². The standard InChI is InChI=1S/C10H22N2/c1-4-7-12(9(2)3)8-10(11)5-6-10/h9H,4-8,11H2,1-3H3. The first-order valence-electron chi connectivity index (χ1n) is 5.10. The molecule has 1 aliphatic carbocycles. The molecule has 0 aliphatic heterocycles. The van der Waals surface area contributed by atoms with Gasteiger partial charge in [-0.2, -0.15) is 0 Å². The SMILES string of the molecule is CCCN(CC1(N)CC1)C(C)C. The van der Waals surface area contributed by atoms with E-state index >= 15 is 0 Å². The number of nitrogens with two attached hydrogens (primary N) is 1. The quantitative estimate of drug-likeness (QED) is 0.679. The highest BCUT2D eigenvalue weighted by atomic mass is 15.2. The Labute approximate surface area is 76.1 Å². The number of rotatable bonds is 5. The number of hydrogen-bond donors (Lipinski definition) is 1. The molecule has 0 aromatic heterocycles. The van der Waals surface area contributed by atoms with Crippen LogP contribution in [0, 0.1) is 0 Å². The van der Waals surface area contributed by atoms with Gasteiger partial charge in [-0.1, -0.05) is 6.92 Å². The van der Waals surface area contributed by atoms with E-state index in [1.54, 1.807) is 0 Å². The second-order valence-corrected chi connectivity index (χ2v) is 4.43. The highest BCUT2D eigenvalue weighted by Crippen LogP contribution is 2.33. The molecule has 1 saturated carbocycles. The van der Waals surface area contributed by atoms with Crippen molar-refractivity contribution in [2.45, 2.75) is 51.6 Å². The Bertz CT molecular complexity index is 139. The zero-order chi connectivity index (χ0) is 9.19. The molecular weight excluding hydrogens is 148 g/mol. The molecule has 0 spiro atoms. The summed E-state index contributed by atoms with van der Waals surface area (Å²) in [6.07, 6.45) is 3.67. The van der Waals surface area contributed by atoms with E-state index in [1.807, 2.05) is 0 Å². The predicted octanol–water partition coefficient (Wildman–Crippen LogP) is 1.60. The third-order valence-electron chi connectivity index (χ3n) is 2.65. The van der Waals surface area contributed by atoms with Crippen molar-refractivity contribution in [2.24, 2.45) is 5.73 Å². The van der Waals surface area contributed by atoms with Crippen molar-refractivity contribution in [1.82, 2.24) is 4.90 Å². The van der Waals surface area contributed by atoms with E-state index in [0.29, 0.717) is 6.04 Å². The lowest BCUT2D eigenvalue weighted by molar-refractivity contribution is 0.203. The van der Waals surface area contributed by atoms with E-state index in [9.17, 15) is 0 Å². The largest absolute Gasteiger partial charge is 0.324 e. The van der Waals surface area contributed by atoms with Crippen LogP contribution < -0.4 is 5.73 Å². The van der Waals surface area contributed by atoms with Gasteiger partial charge in [0.05, 0.1) is 0 Å². The van der Waals surface area contributed by atoms with Crippen LogP contribution in [0.25, 0.3) is 0 Å². The highest BCUT2D eigenvalue weighted by molar-refractivity contribution is 5.01. The average molecular weight is 170 g/mol. The minimum absolute atomic E-state index is 0.180. The smallest absolute Gasteiger partial charge is 0.0284 e. The summed E-state index contributed by atoms with van der Waals surface area (Å²) in [6.45, 7) is 9.02. The van der Waals surface area contributed by atoms with Crippen LogP contribution in [0.4, 0.5) is 0 Å². The normalized spacial score (nSPS) is 20.5. The summed E-state index contributed by atoms with van der Waals surface area (Å²) < 4.78 is 0. The van der Waals surface area contributed by atoms with Crippen LogP contribution in [0.3, 0.4) is 0 Å². The fourth-order valence-corrected chi connectivity index (χ4v) is 1.53. The third-order valence-corrected chi connectivity index (χ3v) is 2.65. The summed E-state index contributed by atoms with van der Waals surface area (Å²) in [5.74, 6) is 0. The van der Waals surface area contributed by atoms with Gasteiger partial charge in [0.15, 0.2) is 0 Å². The molecule has 2 nitrogen and oxygen atoms in total. The molecule has 0 heterocycles. The van der Waals surface area contributed by atoms with Crippen LogP contribution in [-0.4, -0.2) is 29.6 Å². The lowest BCUT2D eigenvalue weighted by atomic mass is 10.2. The second kappa shape index (κ2) is 3.75. The van der Waals surface area contributed by atoms with Gasteiger partial charge in [0.1, 0.15) is 0 Å². The van der Waals surface area contributed by atoms with Gasteiger partial charge in [-0.15, -0.1) is 0 Å². The van der Waals surface area contributed by atoms with Crippen molar-refractivity contribution in [1.29, 1.82) is 0 Å². The summed E-state index contributed by atoms with van der Waals surface area (Å²) in [6, 6.07) is 0.644. The van der Waals surface area contributed by atoms with E-state index < -0.39 is 0 Å². The Balaban J connectivity index is 2.32. The molecule has 0 radical (unpaired) electrons. The van der Waals surface area contributed by atoms with Gasteiger partial charge < -0.3 is 5.73 Å². The first kappa shape index (κ1) is 10.0. The summed E-state index contributed by atoms with van der Waals surface area (Å²) >= 11 is 0. The lowest BCUT2D eigenvalue weighted by Gasteiger charge is -2.28. The molecule has 0 aromatic rings. The van der Waals surface area contributed by atoms with Crippen molar-refractivity contribution in [2.75, 3.05) is 13.1 Å². The summed E-state index contributed by atoms with van der Waals surface area (Å²) in [5, 5.41) is 0. The molecule has 72 valence electrons. The monoisotopic (exact) mass is 170 g/mol. The van der Waals surface area contributed by atoms with Gasteiger partial charge in [0, 0.05) is 18.1 Å². The van der Waals surface area contributed by atoms with Crippen LogP contribution in [0.2, 0.25) is 0 Å². The van der Waals surface area contributed by atoms with Crippen LogP contribution in [0.5, 0.6) is 0 Å². The first-order valence-corrected chi connectivity index (χ1v) is 5.10. The molecule has 0 saturated heterocycles. The Morgan fingerprint density at radius 2 is 2.00 bits per heavy atom. The molecule has 0 unspecified atom stereocenters. The first-order chi connectivity index (χ1) is 5.57.